The van der Waals surface area contributed by atoms with E-state index in [1.165, 1.54) is 24.2 Å². The SMILES string of the molecule is CCC(C)c1ccccc1NC(=O)C(C)Sc1ccc(NC(C)=O)cc1. The number of hydrogen-bond acceptors (Lipinski definition) is 3. The van der Waals surface area contributed by atoms with Crippen LogP contribution in [0.25, 0.3) is 0 Å². The highest BCUT2D eigenvalue weighted by molar-refractivity contribution is 8.00. The van der Waals surface area contributed by atoms with Crippen LogP contribution in [0.5, 0.6) is 0 Å². The van der Waals surface area contributed by atoms with E-state index >= 15 is 0 Å². The molecule has 0 spiro atoms. The van der Waals surface area contributed by atoms with E-state index in [0.29, 0.717) is 5.92 Å². The van der Waals surface area contributed by atoms with Crippen molar-refractivity contribution in [1.29, 1.82) is 0 Å². The lowest BCUT2D eigenvalue weighted by Crippen LogP contribution is -2.23. The fourth-order valence-electron chi connectivity index (χ4n) is 2.57. The number of thioether (sulfide) groups is 1. The van der Waals surface area contributed by atoms with Gasteiger partial charge in [-0.15, -0.1) is 11.8 Å². The average Bonchev–Trinajstić information content (AvgIpc) is 2.62. The molecule has 138 valence electrons. The third-order valence-corrected chi connectivity index (χ3v) is 5.33. The largest absolute Gasteiger partial charge is 0.326 e. The molecule has 0 aliphatic carbocycles. The molecule has 0 aliphatic heterocycles. The summed E-state index contributed by atoms with van der Waals surface area (Å²) < 4.78 is 0. The van der Waals surface area contributed by atoms with Crippen molar-refractivity contribution in [2.45, 2.75) is 50.2 Å². The minimum absolute atomic E-state index is 0.0170. The van der Waals surface area contributed by atoms with Gasteiger partial charge < -0.3 is 10.6 Å². The van der Waals surface area contributed by atoms with Gasteiger partial charge in [0.05, 0.1) is 5.25 Å². The van der Waals surface area contributed by atoms with Crippen LogP contribution in [0, 0.1) is 0 Å². The number of carbonyl (C=O) groups is 2. The third-order valence-electron chi connectivity index (χ3n) is 4.22. The van der Waals surface area contributed by atoms with Crippen LogP contribution in [0.4, 0.5) is 11.4 Å². The second kappa shape index (κ2) is 9.43. The van der Waals surface area contributed by atoms with E-state index in [0.717, 1.165) is 22.7 Å². The zero-order valence-corrected chi connectivity index (χ0v) is 16.5. The van der Waals surface area contributed by atoms with Crippen LogP contribution in [0.1, 0.15) is 45.6 Å². The second-order valence-electron chi connectivity index (χ2n) is 6.35. The molecule has 2 atom stereocenters. The van der Waals surface area contributed by atoms with Gasteiger partial charge in [0, 0.05) is 23.2 Å². The van der Waals surface area contributed by atoms with E-state index in [2.05, 4.69) is 30.5 Å². The lowest BCUT2D eigenvalue weighted by Gasteiger charge is -2.18. The molecule has 0 fully saturated rings. The molecule has 2 aromatic carbocycles. The van der Waals surface area contributed by atoms with E-state index in [4.69, 9.17) is 0 Å². The Labute approximate surface area is 159 Å². The summed E-state index contributed by atoms with van der Waals surface area (Å²) in [7, 11) is 0. The maximum absolute atomic E-state index is 12.6. The zero-order chi connectivity index (χ0) is 19.1. The number of para-hydroxylation sites is 1. The summed E-state index contributed by atoms with van der Waals surface area (Å²) in [5, 5.41) is 5.57. The summed E-state index contributed by atoms with van der Waals surface area (Å²) >= 11 is 1.49. The highest BCUT2D eigenvalue weighted by atomic mass is 32.2. The van der Waals surface area contributed by atoms with Crippen molar-refractivity contribution < 1.29 is 9.59 Å². The average molecular weight is 371 g/mol. The fraction of sp³-hybridized carbons (Fsp3) is 0.333. The second-order valence-corrected chi connectivity index (χ2v) is 7.77. The highest BCUT2D eigenvalue weighted by Crippen LogP contribution is 2.29. The fourth-order valence-corrected chi connectivity index (χ4v) is 3.44. The van der Waals surface area contributed by atoms with Gasteiger partial charge in [-0.1, -0.05) is 32.0 Å². The van der Waals surface area contributed by atoms with Crippen molar-refractivity contribution in [1.82, 2.24) is 0 Å². The molecule has 2 aromatic rings. The first kappa shape index (κ1) is 20.0. The molecule has 2 N–H and O–H groups in total. The van der Waals surface area contributed by atoms with Gasteiger partial charge in [0.15, 0.2) is 0 Å². The molecule has 26 heavy (non-hydrogen) atoms. The summed E-state index contributed by atoms with van der Waals surface area (Å²) in [5.41, 5.74) is 2.81. The number of anilines is 2. The molecular weight excluding hydrogens is 344 g/mol. The molecule has 0 bridgehead atoms. The maximum atomic E-state index is 12.6. The van der Waals surface area contributed by atoms with Gasteiger partial charge in [-0.2, -0.15) is 0 Å². The molecule has 5 heteroatoms. The van der Waals surface area contributed by atoms with E-state index in [1.54, 1.807) is 0 Å². The molecule has 0 heterocycles. The Morgan fingerprint density at radius 1 is 1.00 bits per heavy atom. The first-order chi connectivity index (χ1) is 12.4. The molecule has 2 rings (SSSR count). The van der Waals surface area contributed by atoms with Crippen molar-refractivity contribution in [3.05, 3.63) is 54.1 Å². The number of benzene rings is 2. The van der Waals surface area contributed by atoms with E-state index < -0.39 is 0 Å². The van der Waals surface area contributed by atoms with Crippen molar-refractivity contribution >= 4 is 35.0 Å². The molecule has 2 unspecified atom stereocenters. The van der Waals surface area contributed by atoms with Gasteiger partial charge in [0.1, 0.15) is 0 Å². The van der Waals surface area contributed by atoms with Crippen molar-refractivity contribution in [2.24, 2.45) is 0 Å². The van der Waals surface area contributed by atoms with E-state index in [1.807, 2.05) is 49.4 Å². The number of carbonyl (C=O) groups excluding carboxylic acids is 2. The zero-order valence-electron chi connectivity index (χ0n) is 15.7. The highest BCUT2D eigenvalue weighted by Gasteiger charge is 2.17. The maximum Gasteiger partial charge on any atom is 0.237 e. The molecule has 0 saturated heterocycles. The third kappa shape index (κ3) is 5.63. The summed E-state index contributed by atoms with van der Waals surface area (Å²) in [6, 6.07) is 15.5. The van der Waals surface area contributed by atoms with Crippen LogP contribution >= 0.6 is 11.8 Å². The van der Waals surface area contributed by atoms with Gasteiger partial charge in [0.2, 0.25) is 11.8 Å². The predicted molar refractivity (Wildman–Crippen MR) is 110 cm³/mol. The van der Waals surface area contributed by atoms with Gasteiger partial charge in [-0.25, -0.2) is 0 Å². The molecule has 0 aliphatic rings. The standard InChI is InChI=1S/C21H26N2O2S/c1-5-14(2)19-8-6-7-9-20(19)23-21(25)15(3)26-18-12-10-17(11-13-18)22-16(4)24/h6-15H,5H2,1-4H3,(H,22,24)(H,23,25). The molecule has 4 nitrogen and oxygen atoms in total. The van der Waals surface area contributed by atoms with E-state index in [9.17, 15) is 9.59 Å². The first-order valence-electron chi connectivity index (χ1n) is 8.84. The quantitative estimate of drug-likeness (QED) is 0.652. The lowest BCUT2D eigenvalue weighted by molar-refractivity contribution is -0.115. The normalized spacial score (nSPS) is 12.9. The summed E-state index contributed by atoms with van der Waals surface area (Å²) in [6.07, 6.45) is 1.03. The van der Waals surface area contributed by atoms with Crippen LogP contribution in [0.15, 0.2) is 53.4 Å². The Hall–Kier alpha value is -2.27. The monoisotopic (exact) mass is 370 g/mol. The van der Waals surface area contributed by atoms with Crippen LogP contribution in [-0.2, 0) is 9.59 Å². The lowest BCUT2D eigenvalue weighted by atomic mass is 9.97. The molecular formula is C21H26N2O2S. The predicted octanol–water partition coefficient (Wildman–Crippen LogP) is 5.28. The Balaban J connectivity index is 2.01. The van der Waals surface area contributed by atoms with Crippen LogP contribution < -0.4 is 10.6 Å². The minimum atomic E-state index is -0.230. The Kier molecular flexibility index (Phi) is 7.27. The van der Waals surface area contributed by atoms with E-state index in [-0.39, 0.29) is 17.1 Å². The topological polar surface area (TPSA) is 58.2 Å². The van der Waals surface area contributed by atoms with Gasteiger partial charge >= 0.3 is 0 Å². The van der Waals surface area contributed by atoms with Gasteiger partial charge in [-0.05, 0) is 55.2 Å². The van der Waals surface area contributed by atoms with Crippen molar-refractivity contribution in [3.8, 4) is 0 Å². The van der Waals surface area contributed by atoms with Crippen LogP contribution in [0.2, 0.25) is 0 Å². The van der Waals surface area contributed by atoms with Crippen LogP contribution in [0.3, 0.4) is 0 Å². The van der Waals surface area contributed by atoms with Gasteiger partial charge in [-0.3, -0.25) is 9.59 Å². The van der Waals surface area contributed by atoms with Crippen LogP contribution in [-0.4, -0.2) is 17.1 Å². The number of nitrogens with one attached hydrogen (secondary N) is 2. The molecule has 0 saturated carbocycles. The van der Waals surface area contributed by atoms with Gasteiger partial charge in [0.25, 0.3) is 0 Å². The Morgan fingerprint density at radius 3 is 2.27 bits per heavy atom. The minimum Gasteiger partial charge on any atom is -0.326 e. The Morgan fingerprint density at radius 2 is 1.65 bits per heavy atom. The molecule has 0 radical (unpaired) electrons. The number of rotatable bonds is 7. The van der Waals surface area contributed by atoms with Crippen molar-refractivity contribution in [3.63, 3.8) is 0 Å². The van der Waals surface area contributed by atoms with Crippen molar-refractivity contribution in [2.75, 3.05) is 10.6 Å². The number of hydrogen-bond donors (Lipinski definition) is 2. The smallest absolute Gasteiger partial charge is 0.237 e. The summed E-state index contributed by atoms with van der Waals surface area (Å²) in [5.74, 6) is 0.283. The molecule has 2 amide bonds. The molecule has 0 aromatic heterocycles. The Bertz CT molecular complexity index is 759. The first-order valence-corrected chi connectivity index (χ1v) is 9.72. The summed E-state index contributed by atoms with van der Waals surface area (Å²) in [4.78, 5) is 24.7. The summed E-state index contributed by atoms with van der Waals surface area (Å²) in [6.45, 7) is 7.69. The number of amides is 2.